The maximum atomic E-state index is 11.1. The molecule has 0 amide bonds. The maximum Gasteiger partial charge on any atom is 0.147 e. The molecule has 0 saturated heterocycles. The van der Waals surface area contributed by atoms with E-state index >= 15 is 0 Å². The number of Topliss-reactive ketones (excluding diaryl/α,β-unsaturated/α-hetero) is 2. The van der Waals surface area contributed by atoms with Gasteiger partial charge in [-0.25, -0.2) is 0 Å². The Morgan fingerprint density at radius 2 is 1.69 bits per heavy atom. The Balaban J connectivity index is 4.27. The van der Waals surface area contributed by atoms with Crippen molar-refractivity contribution in [3.05, 3.63) is 0 Å². The highest BCUT2D eigenvalue weighted by molar-refractivity contribution is 5.88. The van der Waals surface area contributed by atoms with Gasteiger partial charge in [-0.15, -0.1) is 0 Å². The molecule has 0 bridgehead atoms. The number of carbonyl (C=O) groups is 2. The van der Waals surface area contributed by atoms with Gasteiger partial charge in [0.25, 0.3) is 0 Å². The summed E-state index contributed by atoms with van der Waals surface area (Å²) in [5, 5.41) is 3.12. The highest BCUT2D eigenvalue weighted by Crippen LogP contribution is 2.05. The highest BCUT2D eigenvalue weighted by atomic mass is 16.1. The van der Waals surface area contributed by atoms with Gasteiger partial charge in [0.05, 0.1) is 6.04 Å². The minimum Gasteiger partial charge on any atom is -0.302 e. The van der Waals surface area contributed by atoms with Crippen LogP contribution in [0, 0.1) is 0 Å². The molecular formula is C10H19NO2. The first kappa shape index (κ1) is 12.3. The van der Waals surface area contributed by atoms with Crippen LogP contribution in [0.3, 0.4) is 0 Å². The predicted molar refractivity (Wildman–Crippen MR) is 52.7 cm³/mol. The lowest BCUT2D eigenvalue weighted by molar-refractivity contribution is -0.124. The van der Waals surface area contributed by atoms with Crippen molar-refractivity contribution in [3.8, 4) is 0 Å². The van der Waals surface area contributed by atoms with Crippen LogP contribution in [-0.2, 0) is 9.59 Å². The normalized spacial score (nSPS) is 13.9. The zero-order valence-electron chi connectivity index (χ0n) is 9.10. The van der Waals surface area contributed by atoms with E-state index in [0.29, 0.717) is 0 Å². The lowest BCUT2D eigenvalue weighted by atomic mass is 10.0. The van der Waals surface area contributed by atoms with Crippen LogP contribution in [-0.4, -0.2) is 23.1 Å². The number of hydrogen-bond donors (Lipinski definition) is 1. The van der Waals surface area contributed by atoms with E-state index < -0.39 is 0 Å². The molecule has 13 heavy (non-hydrogen) atoms. The standard InChI is InChI=1S/C10H19NO2/c1-7(12)6-9(8(2)13)11-10(3,4)5/h9,11H,6H2,1-5H3. The third-order valence-corrected chi connectivity index (χ3v) is 1.59. The second-order valence-corrected chi connectivity index (χ2v) is 4.46. The summed E-state index contributed by atoms with van der Waals surface area (Å²) >= 11 is 0. The highest BCUT2D eigenvalue weighted by Gasteiger charge is 2.21. The lowest BCUT2D eigenvalue weighted by Crippen LogP contribution is -2.47. The summed E-state index contributed by atoms with van der Waals surface area (Å²) in [4.78, 5) is 22.0. The molecule has 0 fully saturated rings. The summed E-state index contributed by atoms with van der Waals surface area (Å²) in [6.07, 6.45) is 0.284. The molecule has 0 aromatic rings. The first-order valence-corrected chi connectivity index (χ1v) is 4.50. The van der Waals surface area contributed by atoms with Gasteiger partial charge in [0.1, 0.15) is 11.6 Å². The Bertz CT molecular complexity index is 203. The van der Waals surface area contributed by atoms with Crippen LogP contribution in [0.2, 0.25) is 0 Å². The topological polar surface area (TPSA) is 46.2 Å². The van der Waals surface area contributed by atoms with Crippen molar-refractivity contribution in [1.29, 1.82) is 0 Å². The Hall–Kier alpha value is -0.700. The summed E-state index contributed by atoms with van der Waals surface area (Å²) in [5.74, 6) is 0.0575. The van der Waals surface area contributed by atoms with Gasteiger partial charge in [0.2, 0.25) is 0 Å². The van der Waals surface area contributed by atoms with Gasteiger partial charge in [-0.3, -0.25) is 9.59 Å². The van der Waals surface area contributed by atoms with Gasteiger partial charge < -0.3 is 5.32 Å². The Morgan fingerprint density at radius 3 is 1.92 bits per heavy atom. The van der Waals surface area contributed by atoms with Crippen molar-refractivity contribution in [2.75, 3.05) is 0 Å². The van der Waals surface area contributed by atoms with Crippen molar-refractivity contribution < 1.29 is 9.59 Å². The SMILES string of the molecule is CC(=O)CC(NC(C)(C)C)C(C)=O. The number of carbonyl (C=O) groups excluding carboxylic acids is 2. The van der Waals surface area contributed by atoms with Gasteiger partial charge in [-0.05, 0) is 34.6 Å². The molecule has 1 atom stereocenters. The second-order valence-electron chi connectivity index (χ2n) is 4.46. The maximum absolute atomic E-state index is 11.1. The van der Waals surface area contributed by atoms with Crippen molar-refractivity contribution in [2.24, 2.45) is 0 Å². The average molecular weight is 185 g/mol. The molecule has 0 spiro atoms. The summed E-state index contributed by atoms with van der Waals surface area (Å²) < 4.78 is 0. The smallest absolute Gasteiger partial charge is 0.147 e. The van der Waals surface area contributed by atoms with E-state index in [1.807, 2.05) is 20.8 Å². The fourth-order valence-electron chi connectivity index (χ4n) is 1.11. The molecule has 3 heteroatoms. The first-order valence-electron chi connectivity index (χ1n) is 4.50. The summed E-state index contributed by atoms with van der Waals surface area (Å²) in [6, 6.07) is -0.336. The van der Waals surface area contributed by atoms with Crippen molar-refractivity contribution in [1.82, 2.24) is 5.32 Å². The Morgan fingerprint density at radius 1 is 1.23 bits per heavy atom. The molecule has 0 aliphatic rings. The largest absolute Gasteiger partial charge is 0.302 e. The zero-order chi connectivity index (χ0) is 10.6. The van der Waals surface area contributed by atoms with E-state index in [-0.39, 0.29) is 29.6 Å². The van der Waals surface area contributed by atoms with Crippen LogP contribution in [0.25, 0.3) is 0 Å². The lowest BCUT2D eigenvalue weighted by Gasteiger charge is -2.26. The van der Waals surface area contributed by atoms with Gasteiger partial charge in [-0.2, -0.15) is 0 Å². The first-order chi connectivity index (χ1) is 5.72. The summed E-state index contributed by atoms with van der Waals surface area (Å²) in [7, 11) is 0. The number of nitrogens with one attached hydrogen (secondary N) is 1. The van der Waals surface area contributed by atoms with Crippen LogP contribution >= 0.6 is 0 Å². The molecule has 0 heterocycles. The molecule has 0 rings (SSSR count). The third-order valence-electron chi connectivity index (χ3n) is 1.59. The fourth-order valence-corrected chi connectivity index (χ4v) is 1.11. The molecule has 0 aliphatic carbocycles. The van der Waals surface area contributed by atoms with Crippen LogP contribution in [0.4, 0.5) is 0 Å². The van der Waals surface area contributed by atoms with Crippen LogP contribution in [0.5, 0.6) is 0 Å². The van der Waals surface area contributed by atoms with Gasteiger partial charge >= 0.3 is 0 Å². The van der Waals surface area contributed by atoms with Crippen molar-refractivity contribution >= 4 is 11.6 Å². The van der Waals surface area contributed by atoms with E-state index in [4.69, 9.17) is 0 Å². The minimum absolute atomic E-state index is 0.0186. The molecular weight excluding hydrogens is 166 g/mol. The van der Waals surface area contributed by atoms with E-state index in [9.17, 15) is 9.59 Å². The molecule has 1 unspecified atom stereocenters. The van der Waals surface area contributed by atoms with Gasteiger partial charge in [-0.1, -0.05) is 0 Å². The van der Waals surface area contributed by atoms with Gasteiger partial charge in [0.15, 0.2) is 0 Å². The van der Waals surface area contributed by atoms with E-state index in [0.717, 1.165) is 0 Å². The second kappa shape index (κ2) is 4.51. The molecule has 0 saturated carbocycles. The monoisotopic (exact) mass is 185 g/mol. The molecule has 0 aromatic carbocycles. The summed E-state index contributed by atoms with van der Waals surface area (Å²) in [5.41, 5.74) is -0.133. The van der Waals surface area contributed by atoms with Crippen LogP contribution in [0.15, 0.2) is 0 Å². The van der Waals surface area contributed by atoms with E-state index in [2.05, 4.69) is 5.32 Å². The minimum atomic E-state index is -0.336. The zero-order valence-corrected chi connectivity index (χ0v) is 9.10. The quantitative estimate of drug-likeness (QED) is 0.718. The fraction of sp³-hybridized carbons (Fsp3) is 0.800. The van der Waals surface area contributed by atoms with Crippen LogP contribution in [0.1, 0.15) is 41.0 Å². The molecule has 0 radical (unpaired) electrons. The molecule has 76 valence electrons. The van der Waals surface area contributed by atoms with E-state index in [1.54, 1.807) is 0 Å². The summed E-state index contributed by atoms with van der Waals surface area (Å²) in [6.45, 7) is 8.93. The van der Waals surface area contributed by atoms with Crippen molar-refractivity contribution in [2.45, 2.75) is 52.6 Å². The van der Waals surface area contributed by atoms with Gasteiger partial charge in [0, 0.05) is 12.0 Å². The van der Waals surface area contributed by atoms with Crippen molar-refractivity contribution in [3.63, 3.8) is 0 Å². The number of hydrogen-bond acceptors (Lipinski definition) is 3. The predicted octanol–water partition coefficient (Wildman–Crippen LogP) is 1.31. The molecule has 1 N–H and O–H groups in total. The molecule has 3 nitrogen and oxygen atoms in total. The third kappa shape index (κ3) is 6.46. The number of rotatable bonds is 4. The average Bonchev–Trinajstić information content (AvgIpc) is 1.81. The Labute approximate surface area is 79.9 Å². The molecule has 0 aromatic heterocycles. The van der Waals surface area contributed by atoms with E-state index in [1.165, 1.54) is 13.8 Å². The Kier molecular flexibility index (Phi) is 4.27. The van der Waals surface area contributed by atoms with Crippen LogP contribution < -0.4 is 5.32 Å². The molecule has 0 aliphatic heterocycles. The number of ketones is 2.